The SMILES string of the molecule is CC(C)n1nccc1-c1cncc([C@@H]2CCCN(S(=O)(=O)N(C)C)C2)n1. The summed E-state index contributed by atoms with van der Waals surface area (Å²) < 4.78 is 29.6. The summed E-state index contributed by atoms with van der Waals surface area (Å²) in [5.74, 6) is 0.0429. The summed E-state index contributed by atoms with van der Waals surface area (Å²) >= 11 is 0. The minimum Gasteiger partial charge on any atom is -0.261 e. The molecule has 0 saturated carbocycles. The zero-order valence-electron chi connectivity index (χ0n) is 15.7. The van der Waals surface area contributed by atoms with Crippen molar-refractivity contribution in [1.82, 2.24) is 28.4 Å². The van der Waals surface area contributed by atoms with Crippen molar-refractivity contribution < 1.29 is 8.42 Å². The van der Waals surface area contributed by atoms with Gasteiger partial charge < -0.3 is 0 Å². The molecule has 142 valence electrons. The summed E-state index contributed by atoms with van der Waals surface area (Å²) in [5, 5.41) is 4.35. The van der Waals surface area contributed by atoms with E-state index in [4.69, 9.17) is 4.98 Å². The van der Waals surface area contributed by atoms with Crippen molar-refractivity contribution in [2.75, 3.05) is 27.2 Å². The summed E-state index contributed by atoms with van der Waals surface area (Å²) in [6, 6.07) is 2.15. The second kappa shape index (κ2) is 7.42. The zero-order valence-corrected chi connectivity index (χ0v) is 16.5. The number of nitrogens with zero attached hydrogens (tertiary/aromatic N) is 6. The largest absolute Gasteiger partial charge is 0.281 e. The molecule has 8 nitrogen and oxygen atoms in total. The lowest BCUT2D eigenvalue weighted by Gasteiger charge is -2.33. The number of rotatable bonds is 5. The van der Waals surface area contributed by atoms with Gasteiger partial charge in [0.1, 0.15) is 5.69 Å². The molecule has 1 aliphatic heterocycles. The number of hydrogen-bond donors (Lipinski definition) is 0. The van der Waals surface area contributed by atoms with Crippen LogP contribution in [0.5, 0.6) is 0 Å². The van der Waals surface area contributed by atoms with E-state index in [1.54, 1.807) is 32.7 Å². The number of aromatic nitrogens is 4. The Kier molecular flexibility index (Phi) is 5.40. The highest BCUT2D eigenvalue weighted by molar-refractivity contribution is 7.86. The van der Waals surface area contributed by atoms with Crippen molar-refractivity contribution >= 4 is 10.2 Å². The Labute approximate surface area is 155 Å². The van der Waals surface area contributed by atoms with Crippen molar-refractivity contribution in [2.45, 2.75) is 38.6 Å². The van der Waals surface area contributed by atoms with Crippen LogP contribution in [-0.2, 0) is 10.2 Å². The average molecular weight is 379 g/mol. The second-order valence-electron chi connectivity index (χ2n) is 7.07. The van der Waals surface area contributed by atoms with Gasteiger partial charge >= 0.3 is 0 Å². The molecule has 1 fully saturated rings. The molecule has 0 amide bonds. The molecule has 3 heterocycles. The van der Waals surface area contributed by atoms with E-state index in [0.29, 0.717) is 13.1 Å². The van der Waals surface area contributed by atoms with E-state index in [9.17, 15) is 8.42 Å². The standard InChI is InChI=1S/C17H26N6O2S/c1-13(2)23-17(7-8-19-23)16-11-18-10-15(20-16)14-6-5-9-22(12-14)26(24,25)21(3)4/h7-8,10-11,13-14H,5-6,9,12H2,1-4H3/t14-/m1/s1. The van der Waals surface area contributed by atoms with E-state index in [0.717, 1.165) is 29.9 Å². The average Bonchev–Trinajstić information content (AvgIpc) is 3.12. The molecule has 0 unspecified atom stereocenters. The van der Waals surface area contributed by atoms with Crippen LogP contribution < -0.4 is 0 Å². The predicted molar refractivity (Wildman–Crippen MR) is 99.8 cm³/mol. The van der Waals surface area contributed by atoms with Gasteiger partial charge in [0.25, 0.3) is 10.2 Å². The van der Waals surface area contributed by atoms with Gasteiger partial charge in [-0.2, -0.15) is 22.1 Å². The van der Waals surface area contributed by atoms with Crippen LogP contribution in [0.15, 0.2) is 24.7 Å². The monoisotopic (exact) mass is 378 g/mol. The van der Waals surface area contributed by atoms with Crippen molar-refractivity contribution in [3.63, 3.8) is 0 Å². The highest BCUT2D eigenvalue weighted by Gasteiger charge is 2.31. The molecular formula is C17H26N6O2S. The molecule has 3 rings (SSSR count). The van der Waals surface area contributed by atoms with Crippen molar-refractivity contribution in [1.29, 1.82) is 0 Å². The first kappa shape index (κ1) is 18.9. The molecular weight excluding hydrogens is 352 g/mol. The molecule has 1 saturated heterocycles. The molecule has 0 N–H and O–H groups in total. The van der Waals surface area contributed by atoms with Gasteiger partial charge in [0.05, 0.1) is 17.6 Å². The minimum atomic E-state index is -3.41. The fraction of sp³-hybridized carbons (Fsp3) is 0.588. The van der Waals surface area contributed by atoms with Crippen LogP contribution in [0, 0.1) is 0 Å². The molecule has 0 bridgehead atoms. The molecule has 0 aliphatic carbocycles. The lowest BCUT2D eigenvalue weighted by atomic mass is 9.96. The van der Waals surface area contributed by atoms with Crippen LogP contribution in [0.1, 0.15) is 44.3 Å². The minimum absolute atomic E-state index is 0.0429. The first-order chi connectivity index (χ1) is 12.3. The van der Waals surface area contributed by atoms with Crippen molar-refractivity contribution in [3.05, 3.63) is 30.4 Å². The van der Waals surface area contributed by atoms with Gasteiger partial charge in [0.15, 0.2) is 0 Å². The third-order valence-electron chi connectivity index (χ3n) is 4.67. The van der Waals surface area contributed by atoms with Crippen molar-refractivity contribution in [3.8, 4) is 11.4 Å². The summed E-state index contributed by atoms with van der Waals surface area (Å²) in [6.45, 7) is 5.12. The normalized spacial score (nSPS) is 19.4. The zero-order chi connectivity index (χ0) is 18.9. The molecule has 0 spiro atoms. The third-order valence-corrected chi connectivity index (χ3v) is 6.57. The van der Waals surface area contributed by atoms with Crippen LogP contribution in [0.3, 0.4) is 0 Å². The number of piperidine rings is 1. The van der Waals surface area contributed by atoms with Gasteiger partial charge in [0.2, 0.25) is 0 Å². The Morgan fingerprint density at radius 3 is 2.73 bits per heavy atom. The maximum absolute atomic E-state index is 12.4. The molecule has 1 atom stereocenters. The fourth-order valence-electron chi connectivity index (χ4n) is 3.25. The summed E-state index contributed by atoms with van der Waals surface area (Å²) in [7, 11) is -0.284. The summed E-state index contributed by atoms with van der Waals surface area (Å²) in [6.07, 6.45) is 6.96. The Balaban J connectivity index is 1.87. The number of hydrogen-bond acceptors (Lipinski definition) is 5. The molecule has 0 radical (unpaired) electrons. The third kappa shape index (κ3) is 3.65. The lowest BCUT2D eigenvalue weighted by molar-refractivity contribution is 0.296. The van der Waals surface area contributed by atoms with E-state index >= 15 is 0 Å². The van der Waals surface area contributed by atoms with Gasteiger partial charge in [-0.25, -0.2) is 4.98 Å². The van der Waals surface area contributed by atoms with E-state index in [-0.39, 0.29) is 12.0 Å². The maximum Gasteiger partial charge on any atom is 0.281 e. The quantitative estimate of drug-likeness (QED) is 0.793. The van der Waals surface area contributed by atoms with Crippen LogP contribution >= 0.6 is 0 Å². The fourth-order valence-corrected chi connectivity index (χ4v) is 4.44. The Morgan fingerprint density at radius 2 is 2.04 bits per heavy atom. The van der Waals surface area contributed by atoms with Gasteiger partial charge in [0, 0.05) is 51.5 Å². The Bertz CT molecular complexity index is 862. The van der Waals surface area contributed by atoms with E-state index < -0.39 is 10.2 Å². The molecule has 1 aliphatic rings. The molecule has 0 aromatic carbocycles. The van der Waals surface area contributed by atoms with Gasteiger partial charge in [-0.15, -0.1) is 0 Å². The van der Waals surface area contributed by atoms with Gasteiger partial charge in [-0.05, 0) is 32.8 Å². The highest BCUT2D eigenvalue weighted by atomic mass is 32.2. The van der Waals surface area contributed by atoms with Crippen LogP contribution in [0.25, 0.3) is 11.4 Å². The predicted octanol–water partition coefficient (Wildman–Crippen LogP) is 1.91. The van der Waals surface area contributed by atoms with E-state index in [1.807, 2.05) is 10.7 Å². The molecule has 26 heavy (non-hydrogen) atoms. The van der Waals surface area contributed by atoms with Crippen LogP contribution in [-0.4, -0.2) is 64.0 Å². The van der Waals surface area contributed by atoms with E-state index in [1.165, 1.54) is 8.61 Å². The lowest BCUT2D eigenvalue weighted by Crippen LogP contribution is -2.45. The first-order valence-electron chi connectivity index (χ1n) is 8.84. The topological polar surface area (TPSA) is 84.2 Å². The van der Waals surface area contributed by atoms with E-state index in [2.05, 4.69) is 23.9 Å². The molecule has 9 heteroatoms. The maximum atomic E-state index is 12.4. The van der Waals surface area contributed by atoms with Crippen molar-refractivity contribution in [2.24, 2.45) is 0 Å². The van der Waals surface area contributed by atoms with Gasteiger partial charge in [-0.1, -0.05) is 0 Å². The Hall–Kier alpha value is -1.84. The molecule has 2 aromatic heterocycles. The van der Waals surface area contributed by atoms with Crippen LogP contribution in [0.2, 0.25) is 0 Å². The highest BCUT2D eigenvalue weighted by Crippen LogP contribution is 2.29. The second-order valence-corrected chi connectivity index (χ2v) is 9.21. The Morgan fingerprint density at radius 1 is 1.27 bits per heavy atom. The summed E-state index contributed by atoms with van der Waals surface area (Å²) in [4.78, 5) is 9.14. The first-order valence-corrected chi connectivity index (χ1v) is 10.2. The molecule has 2 aromatic rings. The smallest absolute Gasteiger partial charge is 0.261 e. The summed E-state index contributed by atoms with van der Waals surface area (Å²) in [5.41, 5.74) is 2.52. The van der Waals surface area contributed by atoms with Crippen LogP contribution in [0.4, 0.5) is 0 Å². The van der Waals surface area contributed by atoms with Gasteiger partial charge in [-0.3, -0.25) is 9.67 Å².